The third-order valence-corrected chi connectivity index (χ3v) is 6.35. The van der Waals surface area contributed by atoms with Gasteiger partial charge in [-0.2, -0.15) is 0 Å². The second kappa shape index (κ2) is 7.18. The minimum atomic E-state index is -3.33. The summed E-state index contributed by atoms with van der Waals surface area (Å²) in [6.45, 7) is 0. The summed E-state index contributed by atoms with van der Waals surface area (Å²) in [7, 11) is -3.33. The molecule has 0 spiro atoms. The van der Waals surface area contributed by atoms with Crippen LogP contribution in [0.4, 0.5) is 0 Å². The van der Waals surface area contributed by atoms with Gasteiger partial charge < -0.3 is 4.52 Å². The first-order valence-electron chi connectivity index (χ1n) is 8.90. The molecule has 1 aromatic heterocycles. The molecule has 0 N–H and O–H groups in total. The fraction of sp³-hybridized carbons (Fsp3) is 0.238. The van der Waals surface area contributed by atoms with E-state index in [0.717, 1.165) is 30.2 Å². The molecule has 1 saturated carbocycles. The molecule has 4 rings (SSSR count). The van der Waals surface area contributed by atoms with E-state index < -0.39 is 9.84 Å². The zero-order chi connectivity index (χ0) is 19.9. The molecule has 3 aromatic rings. The van der Waals surface area contributed by atoms with Gasteiger partial charge in [0, 0.05) is 22.8 Å². The second-order valence-corrected chi connectivity index (χ2v) is 9.49. The zero-order valence-electron chi connectivity index (χ0n) is 15.2. The number of sulfone groups is 1. The number of rotatable bonds is 6. The first kappa shape index (κ1) is 18.9. The van der Waals surface area contributed by atoms with Crippen molar-refractivity contribution in [3.05, 3.63) is 81.7 Å². The average Bonchev–Trinajstić information content (AvgIpc) is 3.39. The fourth-order valence-corrected chi connectivity index (χ4v) is 4.17. The maximum absolute atomic E-state index is 13.1. The summed E-state index contributed by atoms with van der Waals surface area (Å²) in [5.74, 6) is 0.824. The Kier molecular flexibility index (Phi) is 4.85. The molecule has 0 bridgehead atoms. The molecule has 0 atom stereocenters. The summed E-state index contributed by atoms with van der Waals surface area (Å²) in [4.78, 5) is 13.3. The van der Waals surface area contributed by atoms with Gasteiger partial charge in [-0.3, -0.25) is 4.79 Å². The Bertz CT molecular complexity index is 1160. The van der Waals surface area contributed by atoms with Gasteiger partial charge in [0.05, 0.1) is 16.7 Å². The van der Waals surface area contributed by atoms with E-state index in [-0.39, 0.29) is 16.6 Å². The van der Waals surface area contributed by atoms with Crippen molar-refractivity contribution in [3.8, 4) is 0 Å². The van der Waals surface area contributed by atoms with E-state index in [0.29, 0.717) is 28.3 Å². The van der Waals surface area contributed by atoms with Crippen molar-refractivity contribution in [3.63, 3.8) is 0 Å². The van der Waals surface area contributed by atoms with Crippen molar-refractivity contribution in [2.45, 2.75) is 30.1 Å². The van der Waals surface area contributed by atoms with Crippen molar-refractivity contribution in [1.29, 1.82) is 0 Å². The number of nitrogens with zero attached hydrogens (tertiary/aromatic N) is 1. The summed E-state index contributed by atoms with van der Waals surface area (Å²) < 4.78 is 28.7. The van der Waals surface area contributed by atoms with Gasteiger partial charge in [-0.25, -0.2) is 8.42 Å². The molecule has 5 nitrogen and oxygen atoms in total. The molecule has 1 fully saturated rings. The molecule has 144 valence electrons. The van der Waals surface area contributed by atoms with Crippen LogP contribution in [0.15, 0.2) is 58.1 Å². The highest BCUT2D eigenvalue weighted by Gasteiger charge is 2.33. The van der Waals surface area contributed by atoms with E-state index in [4.69, 9.17) is 16.1 Å². The SMILES string of the molecule is CS(=O)(=O)c1ccc(Cc2ccccc2C(=O)c2cnoc2C2CC2)c(Cl)c1. The van der Waals surface area contributed by atoms with Crippen LogP contribution >= 0.6 is 11.6 Å². The van der Waals surface area contributed by atoms with Gasteiger partial charge in [0.15, 0.2) is 21.4 Å². The molecular weight excluding hydrogens is 398 g/mol. The molecule has 1 aliphatic rings. The van der Waals surface area contributed by atoms with E-state index in [2.05, 4.69) is 5.16 Å². The number of hydrogen-bond acceptors (Lipinski definition) is 5. The predicted octanol–water partition coefficient (Wildman–Crippen LogP) is 4.43. The Morgan fingerprint density at radius 1 is 1.14 bits per heavy atom. The Morgan fingerprint density at radius 2 is 1.89 bits per heavy atom. The fourth-order valence-electron chi connectivity index (χ4n) is 3.21. The number of hydrogen-bond donors (Lipinski definition) is 0. The number of carbonyl (C=O) groups excluding carboxylic acids is 1. The number of carbonyl (C=O) groups is 1. The van der Waals surface area contributed by atoms with E-state index >= 15 is 0 Å². The maximum Gasteiger partial charge on any atom is 0.198 e. The number of ketones is 1. The first-order valence-corrected chi connectivity index (χ1v) is 11.2. The van der Waals surface area contributed by atoms with Crippen molar-refractivity contribution in [1.82, 2.24) is 5.16 Å². The number of benzene rings is 2. The average molecular weight is 416 g/mol. The topological polar surface area (TPSA) is 77.2 Å². The highest BCUT2D eigenvalue weighted by molar-refractivity contribution is 7.90. The maximum atomic E-state index is 13.1. The third-order valence-electron chi connectivity index (χ3n) is 4.89. The van der Waals surface area contributed by atoms with Crippen molar-refractivity contribution in [2.75, 3.05) is 6.26 Å². The van der Waals surface area contributed by atoms with Crippen LogP contribution in [0.5, 0.6) is 0 Å². The van der Waals surface area contributed by atoms with E-state index in [1.807, 2.05) is 18.2 Å². The molecular formula is C21H18ClNO4S. The summed E-state index contributed by atoms with van der Waals surface area (Å²) in [6.07, 6.45) is 5.07. The van der Waals surface area contributed by atoms with Crippen LogP contribution in [-0.2, 0) is 16.3 Å². The highest BCUT2D eigenvalue weighted by Crippen LogP contribution is 2.42. The van der Waals surface area contributed by atoms with Crippen molar-refractivity contribution < 1.29 is 17.7 Å². The van der Waals surface area contributed by atoms with E-state index in [1.54, 1.807) is 12.1 Å². The predicted molar refractivity (Wildman–Crippen MR) is 106 cm³/mol. The number of aromatic nitrogens is 1. The van der Waals surface area contributed by atoms with E-state index in [9.17, 15) is 13.2 Å². The lowest BCUT2D eigenvalue weighted by Crippen LogP contribution is -2.07. The molecule has 0 aliphatic heterocycles. The van der Waals surface area contributed by atoms with Crippen molar-refractivity contribution >= 4 is 27.2 Å². The van der Waals surface area contributed by atoms with E-state index in [1.165, 1.54) is 18.3 Å². The molecule has 0 saturated heterocycles. The van der Waals surface area contributed by atoms with Crippen LogP contribution in [0.1, 0.15) is 51.6 Å². The lowest BCUT2D eigenvalue weighted by atomic mass is 9.94. The standard InChI is InChI=1S/C21H18ClNO4S/c1-28(25,26)16-9-8-15(19(22)11-16)10-14-4-2-3-5-17(14)20(24)18-12-23-27-21(18)13-6-7-13/h2-5,8-9,11-13H,6-7,10H2,1H3. The van der Waals surface area contributed by atoms with Crippen LogP contribution in [0, 0.1) is 0 Å². The third kappa shape index (κ3) is 3.75. The van der Waals surface area contributed by atoms with Crippen LogP contribution in [0.25, 0.3) is 0 Å². The Hall–Kier alpha value is -2.44. The normalized spacial score (nSPS) is 14.2. The summed E-state index contributed by atoms with van der Waals surface area (Å²) in [5, 5.41) is 4.17. The van der Waals surface area contributed by atoms with Gasteiger partial charge in [0.2, 0.25) is 0 Å². The Balaban J connectivity index is 1.67. The number of halogens is 1. The van der Waals surface area contributed by atoms with Crippen LogP contribution in [0.3, 0.4) is 0 Å². The van der Waals surface area contributed by atoms with Gasteiger partial charge in [0.1, 0.15) is 0 Å². The lowest BCUT2D eigenvalue weighted by molar-refractivity contribution is 0.103. The largest absolute Gasteiger partial charge is 0.360 e. The summed E-state index contributed by atoms with van der Waals surface area (Å²) in [6, 6.07) is 12.0. The minimum Gasteiger partial charge on any atom is -0.360 e. The smallest absolute Gasteiger partial charge is 0.198 e. The molecule has 2 aromatic carbocycles. The van der Waals surface area contributed by atoms with Gasteiger partial charge >= 0.3 is 0 Å². The van der Waals surface area contributed by atoms with Gasteiger partial charge in [-0.15, -0.1) is 0 Å². The molecule has 7 heteroatoms. The summed E-state index contributed by atoms with van der Waals surface area (Å²) in [5.41, 5.74) is 2.64. The zero-order valence-corrected chi connectivity index (χ0v) is 16.8. The van der Waals surface area contributed by atoms with Crippen molar-refractivity contribution in [2.24, 2.45) is 0 Å². The molecule has 0 amide bonds. The summed E-state index contributed by atoms with van der Waals surface area (Å²) >= 11 is 6.32. The molecule has 1 aliphatic carbocycles. The first-order chi connectivity index (χ1) is 13.3. The Morgan fingerprint density at radius 3 is 2.57 bits per heavy atom. The van der Waals surface area contributed by atoms with Gasteiger partial charge in [-0.1, -0.05) is 47.1 Å². The van der Waals surface area contributed by atoms with Crippen LogP contribution in [0.2, 0.25) is 5.02 Å². The highest BCUT2D eigenvalue weighted by atomic mass is 35.5. The van der Waals surface area contributed by atoms with Gasteiger partial charge in [-0.05, 0) is 42.5 Å². The Labute approximate surface area is 168 Å². The molecule has 0 radical (unpaired) electrons. The second-order valence-electron chi connectivity index (χ2n) is 7.07. The van der Waals surface area contributed by atoms with Crippen LogP contribution < -0.4 is 0 Å². The molecule has 0 unspecified atom stereocenters. The monoisotopic (exact) mass is 415 g/mol. The van der Waals surface area contributed by atoms with Gasteiger partial charge in [0.25, 0.3) is 0 Å². The molecule has 1 heterocycles. The lowest BCUT2D eigenvalue weighted by Gasteiger charge is -2.11. The molecule has 28 heavy (non-hydrogen) atoms. The minimum absolute atomic E-state index is 0.123. The quantitative estimate of drug-likeness (QED) is 0.556. The van der Waals surface area contributed by atoms with Crippen LogP contribution in [-0.4, -0.2) is 25.6 Å².